The Morgan fingerprint density at radius 3 is 2.42 bits per heavy atom. The third-order valence-corrected chi connectivity index (χ3v) is 3.75. The van der Waals surface area contributed by atoms with E-state index in [0.717, 1.165) is 22.9 Å². The topological polar surface area (TPSA) is 30.7 Å². The number of hydrogen-bond acceptors (Lipinski definition) is 2. The van der Waals surface area contributed by atoms with Crippen LogP contribution in [0.4, 0.5) is 17.6 Å². The predicted octanol–water partition coefficient (Wildman–Crippen LogP) is 5.40. The molecule has 0 aliphatic heterocycles. The van der Waals surface area contributed by atoms with Gasteiger partial charge in [0.15, 0.2) is 5.82 Å². The van der Waals surface area contributed by atoms with Gasteiger partial charge in [0.25, 0.3) is 0 Å². The minimum absolute atomic E-state index is 0.0820. The van der Waals surface area contributed by atoms with E-state index >= 15 is 0 Å². The average molecular weight is 376 g/mol. The number of nitrogens with zero attached hydrogens (tertiary/aromatic N) is 3. The van der Waals surface area contributed by atoms with Crippen LogP contribution < -0.4 is 0 Å². The van der Waals surface area contributed by atoms with Crippen molar-refractivity contribution in [2.45, 2.75) is 6.18 Å². The fourth-order valence-electron chi connectivity index (χ4n) is 2.13. The highest BCUT2D eigenvalue weighted by Crippen LogP contribution is 2.35. The molecule has 0 atom stereocenters. The molecule has 0 N–H and O–H groups in total. The summed E-state index contributed by atoms with van der Waals surface area (Å²) in [5.41, 5.74) is -1.09. The summed E-state index contributed by atoms with van der Waals surface area (Å²) in [4.78, 5) is 3.88. The lowest BCUT2D eigenvalue weighted by molar-refractivity contribution is -0.137. The highest BCUT2D eigenvalue weighted by molar-refractivity contribution is 6.33. The molecule has 0 bridgehead atoms. The summed E-state index contributed by atoms with van der Waals surface area (Å²) >= 11 is 11.9. The van der Waals surface area contributed by atoms with Gasteiger partial charge < -0.3 is 0 Å². The second-order valence-electron chi connectivity index (χ2n) is 4.76. The molecule has 3 aromatic rings. The van der Waals surface area contributed by atoms with Gasteiger partial charge in [-0.3, -0.25) is 0 Å². The molecule has 9 heteroatoms. The van der Waals surface area contributed by atoms with Gasteiger partial charge in [0.1, 0.15) is 5.82 Å². The summed E-state index contributed by atoms with van der Waals surface area (Å²) in [5, 5.41) is 3.79. The maximum Gasteiger partial charge on any atom is 0.418 e. The standard InChI is InChI=1S/C15H7Cl2F4N3/c16-11-6-5-8(18)7-9(11)13-22-14(17)24(23-13)12-4-2-1-3-10(12)15(19,20)21/h1-7H. The molecule has 0 aliphatic rings. The van der Waals surface area contributed by atoms with Gasteiger partial charge in [0.2, 0.25) is 5.28 Å². The summed E-state index contributed by atoms with van der Waals surface area (Å²) in [7, 11) is 0. The molecule has 0 amide bonds. The van der Waals surface area contributed by atoms with Crippen molar-refractivity contribution in [3.05, 3.63) is 64.2 Å². The van der Waals surface area contributed by atoms with Gasteiger partial charge in [0.05, 0.1) is 16.3 Å². The molecule has 1 aromatic heterocycles. The summed E-state index contributed by atoms with van der Waals surface area (Å²) in [6.07, 6.45) is -4.59. The zero-order valence-corrected chi connectivity index (χ0v) is 13.2. The van der Waals surface area contributed by atoms with E-state index in [9.17, 15) is 17.6 Å². The van der Waals surface area contributed by atoms with Crippen LogP contribution in [0.5, 0.6) is 0 Å². The van der Waals surface area contributed by atoms with Crippen LogP contribution in [-0.2, 0) is 6.18 Å². The fourth-order valence-corrected chi connectivity index (χ4v) is 2.54. The van der Waals surface area contributed by atoms with Crippen LogP contribution >= 0.6 is 23.2 Å². The smallest absolute Gasteiger partial charge is 0.207 e. The SMILES string of the molecule is Fc1ccc(Cl)c(-c2nc(Cl)n(-c3ccccc3C(F)(F)F)n2)c1. The Morgan fingerprint density at radius 1 is 1.00 bits per heavy atom. The maximum atomic E-state index is 13.4. The van der Waals surface area contributed by atoms with E-state index in [1.165, 1.54) is 24.3 Å². The molecule has 0 saturated heterocycles. The number of para-hydroxylation sites is 1. The molecule has 0 fully saturated rings. The van der Waals surface area contributed by atoms with E-state index in [0.29, 0.717) is 0 Å². The van der Waals surface area contributed by atoms with Gasteiger partial charge in [-0.25, -0.2) is 9.07 Å². The Balaban J connectivity index is 2.17. The van der Waals surface area contributed by atoms with Gasteiger partial charge in [0, 0.05) is 5.56 Å². The lowest BCUT2D eigenvalue weighted by atomic mass is 10.2. The van der Waals surface area contributed by atoms with Crippen LogP contribution in [0, 0.1) is 5.82 Å². The lowest BCUT2D eigenvalue weighted by Crippen LogP contribution is -2.11. The van der Waals surface area contributed by atoms with Crippen LogP contribution in [0.3, 0.4) is 0 Å². The molecule has 0 spiro atoms. The quantitative estimate of drug-likeness (QED) is 0.561. The van der Waals surface area contributed by atoms with Gasteiger partial charge >= 0.3 is 6.18 Å². The zero-order chi connectivity index (χ0) is 17.5. The molecule has 0 unspecified atom stereocenters. The Morgan fingerprint density at radius 2 is 1.71 bits per heavy atom. The minimum Gasteiger partial charge on any atom is -0.207 e. The van der Waals surface area contributed by atoms with E-state index < -0.39 is 17.6 Å². The van der Waals surface area contributed by atoms with Crippen molar-refractivity contribution in [1.29, 1.82) is 0 Å². The lowest BCUT2D eigenvalue weighted by Gasteiger charge is -2.12. The largest absolute Gasteiger partial charge is 0.418 e. The first-order valence-electron chi connectivity index (χ1n) is 6.52. The molecule has 0 radical (unpaired) electrons. The number of alkyl halides is 3. The van der Waals surface area contributed by atoms with E-state index in [2.05, 4.69) is 10.1 Å². The van der Waals surface area contributed by atoms with E-state index in [-0.39, 0.29) is 27.4 Å². The number of benzene rings is 2. The highest BCUT2D eigenvalue weighted by Gasteiger charge is 2.34. The van der Waals surface area contributed by atoms with Crippen LogP contribution in [-0.4, -0.2) is 14.8 Å². The summed E-state index contributed by atoms with van der Waals surface area (Å²) in [6.45, 7) is 0. The molecule has 3 rings (SSSR count). The molecule has 24 heavy (non-hydrogen) atoms. The van der Waals surface area contributed by atoms with Gasteiger partial charge in [-0.1, -0.05) is 23.7 Å². The number of hydrogen-bond donors (Lipinski definition) is 0. The highest BCUT2D eigenvalue weighted by atomic mass is 35.5. The normalized spacial score (nSPS) is 11.8. The maximum absolute atomic E-state index is 13.4. The Kier molecular flexibility index (Phi) is 4.23. The second kappa shape index (κ2) is 6.07. The second-order valence-corrected chi connectivity index (χ2v) is 5.50. The molecule has 0 aliphatic carbocycles. The molecular formula is C15H7Cl2F4N3. The average Bonchev–Trinajstić information content (AvgIpc) is 2.90. The Bertz CT molecular complexity index is 906. The summed E-state index contributed by atoms with van der Waals surface area (Å²) in [6, 6.07) is 8.29. The number of rotatable bonds is 2. The summed E-state index contributed by atoms with van der Waals surface area (Å²) < 4.78 is 53.6. The van der Waals surface area contributed by atoms with Crippen molar-refractivity contribution < 1.29 is 17.6 Å². The first kappa shape index (κ1) is 16.7. The molecule has 2 aromatic carbocycles. The third kappa shape index (κ3) is 3.09. The molecular weight excluding hydrogens is 369 g/mol. The van der Waals surface area contributed by atoms with Gasteiger partial charge in [-0.05, 0) is 41.9 Å². The number of halogens is 6. The Labute approximate surface area is 143 Å². The third-order valence-electron chi connectivity index (χ3n) is 3.17. The van der Waals surface area contributed by atoms with Gasteiger partial charge in [-0.15, -0.1) is 5.10 Å². The van der Waals surface area contributed by atoms with Crippen LogP contribution in [0.15, 0.2) is 42.5 Å². The van der Waals surface area contributed by atoms with Gasteiger partial charge in [-0.2, -0.15) is 18.2 Å². The fraction of sp³-hybridized carbons (Fsp3) is 0.0667. The van der Waals surface area contributed by atoms with Crippen molar-refractivity contribution in [3.63, 3.8) is 0 Å². The molecule has 1 heterocycles. The Hall–Kier alpha value is -2.12. The minimum atomic E-state index is -4.59. The van der Waals surface area contributed by atoms with Crippen LogP contribution in [0.2, 0.25) is 10.3 Å². The van der Waals surface area contributed by atoms with Crippen molar-refractivity contribution in [2.24, 2.45) is 0 Å². The monoisotopic (exact) mass is 375 g/mol. The first-order chi connectivity index (χ1) is 11.3. The molecule has 3 nitrogen and oxygen atoms in total. The van der Waals surface area contributed by atoms with Crippen molar-refractivity contribution in [1.82, 2.24) is 14.8 Å². The molecule has 124 valence electrons. The molecule has 0 saturated carbocycles. The van der Waals surface area contributed by atoms with Crippen LogP contribution in [0.1, 0.15) is 5.56 Å². The van der Waals surface area contributed by atoms with Crippen LogP contribution in [0.25, 0.3) is 17.1 Å². The van der Waals surface area contributed by atoms with Crippen molar-refractivity contribution in [2.75, 3.05) is 0 Å². The zero-order valence-electron chi connectivity index (χ0n) is 11.7. The van der Waals surface area contributed by atoms with E-state index in [1.807, 2.05) is 0 Å². The predicted molar refractivity (Wildman–Crippen MR) is 81.8 cm³/mol. The number of aromatic nitrogens is 3. The summed E-state index contributed by atoms with van der Waals surface area (Å²) in [5.74, 6) is -0.668. The first-order valence-corrected chi connectivity index (χ1v) is 7.27. The van der Waals surface area contributed by atoms with E-state index in [1.54, 1.807) is 0 Å². The van der Waals surface area contributed by atoms with Crippen molar-refractivity contribution in [3.8, 4) is 17.1 Å². The van der Waals surface area contributed by atoms with Crippen molar-refractivity contribution >= 4 is 23.2 Å². The van der Waals surface area contributed by atoms with E-state index in [4.69, 9.17) is 23.2 Å².